The molecule has 1 heteroatoms. The molecule has 2 aliphatic rings. The number of rotatable bonds is 6. The van der Waals surface area contributed by atoms with Crippen LogP contribution in [0, 0.1) is 0 Å². The fourth-order valence-corrected chi connectivity index (χ4v) is 2.30. The maximum absolute atomic E-state index is 8.00. The van der Waals surface area contributed by atoms with E-state index in [9.17, 15) is 0 Å². The molecule has 0 heterocycles. The van der Waals surface area contributed by atoms with Crippen LogP contribution in [0.25, 0.3) is 0 Å². The van der Waals surface area contributed by atoms with E-state index in [1.807, 2.05) is 6.79 Å². The third-order valence-corrected chi connectivity index (χ3v) is 3.62. The quantitative estimate of drug-likeness (QED) is 0.552. The zero-order valence-electron chi connectivity index (χ0n) is 14.0. The van der Waals surface area contributed by atoms with Crippen LogP contribution >= 0.6 is 0 Å². The summed E-state index contributed by atoms with van der Waals surface area (Å²) in [6.45, 7) is 8.22. The summed E-state index contributed by atoms with van der Waals surface area (Å²) < 4.78 is 0. The Morgan fingerprint density at radius 3 is 2.78 bits per heavy atom. The molecule has 2 rings (SSSR count). The van der Waals surface area contributed by atoms with Gasteiger partial charge in [-0.15, -0.1) is 0 Å². The third kappa shape index (κ3) is 7.96. The largest absolute Gasteiger partial charge is 0.307 e. The minimum absolute atomic E-state index is 1.04. The van der Waals surface area contributed by atoms with Gasteiger partial charge in [0.05, 0.1) is 0 Å². The molecule has 0 atom stereocenters. The van der Waals surface area contributed by atoms with Crippen LogP contribution in [0.1, 0.15) is 32.6 Å². The molecule has 0 aromatic carbocycles. The fraction of sp³-hybridized carbons (Fsp3) is 0.227. The first-order chi connectivity index (χ1) is 11.2. The van der Waals surface area contributed by atoms with Gasteiger partial charge in [-0.25, -0.2) is 0 Å². The molecule has 0 saturated heterocycles. The molecule has 0 amide bonds. The second-order valence-corrected chi connectivity index (χ2v) is 5.52. The van der Waals surface area contributed by atoms with Crippen molar-refractivity contribution in [3.8, 4) is 0 Å². The van der Waals surface area contributed by atoms with Gasteiger partial charge in [-0.3, -0.25) is 0 Å². The summed E-state index contributed by atoms with van der Waals surface area (Å²) in [5, 5.41) is 0. The predicted octanol–water partition coefficient (Wildman–Crippen LogP) is 5.97. The van der Waals surface area contributed by atoms with Gasteiger partial charge in [-0.1, -0.05) is 84.6 Å². The van der Waals surface area contributed by atoms with E-state index in [1.54, 1.807) is 0 Å². The lowest BCUT2D eigenvalue weighted by Gasteiger charge is -1.98. The summed E-state index contributed by atoms with van der Waals surface area (Å²) in [5.41, 5.74) is 5.19. The minimum atomic E-state index is 1.04. The van der Waals surface area contributed by atoms with E-state index >= 15 is 0 Å². The maximum atomic E-state index is 8.00. The summed E-state index contributed by atoms with van der Waals surface area (Å²) in [6.07, 6.45) is 28.3. The predicted molar refractivity (Wildman–Crippen MR) is 101 cm³/mol. The van der Waals surface area contributed by atoms with E-state index in [1.165, 1.54) is 16.7 Å². The van der Waals surface area contributed by atoms with Gasteiger partial charge < -0.3 is 4.79 Å². The Morgan fingerprint density at radius 2 is 2.04 bits per heavy atom. The van der Waals surface area contributed by atoms with Gasteiger partial charge in [0.15, 0.2) is 0 Å². The highest BCUT2D eigenvalue weighted by Gasteiger charge is 1.95. The molecule has 23 heavy (non-hydrogen) atoms. The van der Waals surface area contributed by atoms with E-state index in [0.29, 0.717) is 0 Å². The lowest BCUT2D eigenvalue weighted by Crippen LogP contribution is -1.78. The molecule has 0 bridgehead atoms. The summed E-state index contributed by atoms with van der Waals surface area (Å²) >= 11 is 0. The topological polar surface area (TPSA) is 17.1 Å². The second-order valence-electron chi connectivity index (χ2n) is 5.52. The van der Waals surface area contributed by atoms with Gasteiger partial charge in [0, 0.05) is 0 Å². The lowest BCUT2D eigenvalue weighted by atomic mass is 10.1. The van der Waals surface area contributed by atoms with Crippen molar-refractivity contribution >= 4 is 6.79 Å². The second kappa shape index (κ2) is 11.2. The molecule has 0 aliphatic heterocycles. The van der Waals surface area contributed by atoms with Gasteiger partial charge in [-0.2, -0.15) is 0 Å². The standard InChI is InChI=1S/C21H24.CH2O/c1-18(14-16-20-11-5-6-12-20)8-3-4-10-21-13-7-9-19(2)15-17-21;1-2/h3,5-6,8-9,11,13-17H,1,4,7,10,12H2,2H3;1H2/b8-3-,16-14+;. The van der Waals surface area contributed by atoms with Gasteiger partial charge >= 0.3 is 0 Å². The average Bonchev–Trinajstić information content (AvgIpc) is 3.01. The zero-order chi connectivity index (χ0) is 16.9. The molecule has 0 spiro atoms. The zero-order valence-corrected chi connectivity index (χ0v) is 14.0. The number of hydrogen-bond donors (Lipinski definition) is 0. The fourth-order valence-electron chi connectivity index (χ4n) is 2.30. The van der Waals surface area contributed by atoms with E-state index in [2.05, 4.69) is 80.3 Å². The lowest BCUT2D eigenvalue weighted by molar-refractivity contribution is -0.0979. The average molecular weight is 306 g/mol. The van der Waals surface area contributed by atoms with Crippen LogP contribution in [0.4, 0.5) is 0 Å². The molecule has 0 aromatic rings. The summed E-state index contributed by atoms with van der Waals surface area (Å²) in [4.78, 5) is 8.00. The molecular weight excluding hydrogens is 280 g/mol. The Morgan fingerprint density at radius 1 is 1.22 bits per heavy atom. The van der Waals surface area contributed by atoms with Crippen molar-refractivity contribution in [1.82, 2.24) is 0 Å². The smallest absolute Gasteiger partial charge is 0.106 e. The molecule has 0 radical (unpaired) electrons. The van der Waals surface area contributed by atoms with E-state index < -0.39 is 0 Å². The van der Waals surface area contributed by atoms with Crippen molar-refractivity contribution in [2.45, 2.75) is 32.6 Å². The third-order valence-electron chi connectivity index (χ3n) is 3.62. The molecule has 0 N–H and O–H groups in total. The maximum Gasteiger partial charge on any atom is 0.106 e. The highest BCUT2D eigenvalue weighted by atomic mass is 16.1. The first-order valence-corrected chi connectivity index (χ1v) is 7.96. The van der Waals surface area contributed by atoms with Crippen LogP contribution in [0.15, 0.2) is 95.7 Å². The van der Waals surface area contributed by atoms with Crippen molar-refractivity contribution in [3.05, 3.63) is 95.7 Å². The minimum Gasteiger partial charge on any atom is -0.307 e. The van der Waals surface area contributed by atoms with E-state index in [4.69, 9.17) is 4.79 Å². The van der Waals surface area contributed by atoms with Crippen LogP contribution in [0.3, 0.4) is 0 Å². The first-order valence-electron chi connectivity index (χ1n) is 7.96. The normalized spacial score (nSPS) is 16.7. The van der Waals surface area contributed by atoms with Crippen LogP contribution < -0.4 is 0 Å². The molecule has 2 aliphatic carbocycles. The SMILES string of the molecule is C=C(/C=C\CCC1=CCC=C(C)C=C1)/C=C/C1=CC=CC1.C=O. The van der Waals surface area contributed by atoms with Crippen molar-refractivity contribution in [3.63, 3.8) is 0 Å². The van der Waals surface area contributed by atoms with Crippen LogP contribution in [0.5, 0.6) is 0 Å². The number of carbonyl (C=O) groups excluding carboxylic acids is 1. The molecule has 0 saturated carbocycles. The summed E-state index contributed by atoms with van der Waals surface area (Å²) in [6, 6.07) is 0. The molecule has 120 valence electrons. The number of allylic oxidation sites excluding steroid dienone is 15. The number of carbonyl (C=O) groups is 1. The highest BCUT2D eigenvalue weighted by molar-refractivity contribution is 5.37. The molecule has 1 nitrogen and oxygen atoms in total. The number of hydrogen-bond acceptors (Lipinski definition) is 1. The first kappa shape index (κ1) is 18.6. The van der Waals surface area contributed by atoms with Crippen LogP contribution in [0.2, 0.25) is 0 Å². The van der Waals surface area contributed by atoms with Crippen molar-refractivity contribution in [2.75, 3.05) is 0 Å². The Bertz CT molecular complexity index is 604. The highest BCUT2D eigenvalue weighted by Crippen LogP contribution is 2.16. The van der Waals surface area contributed by atoms with Gasteiger partial charge in [0.25, 0.3) is 0 Å². The monoisotopic (exact) mass is 306 g/mol. The van der Waals surface area contributed by atoms with Gasteiger partial charge in [-0.05, 0) is 43.8 Å². The van der Waals surface area contributed by atoms with Crippen molar-refractivity contribution in [2.24, 2.45) is 0 Å². The molecule has 0 aromatic heterocycles. The Hall–Kier alpha value is -2.41. The summed E-state index contributed by atoms with van der Waals surface area (Å²) in [5.74, 6) is 0. The Labute approximate surface area is 140 Å². The molecule has 0 fully saturated rings. The molecule has 0 unspecified atom stereocenters. The van der Waals surface area contributed by atoms with E-state index in [0.717, 1.165) is 31.3 Å². The van der Waals surface area contributed by atoms with Crippen LogP contribution in [-0.2, 0) is 4.79 Å². The van der Waals surface area contributed by atoms with Gasteiger partial charge in [0.1, 0.15) is 6.79 Å². The summed E-state index contributed by atoms with van der Waals surface area (Å²) in [7, 11) is 0. The molecular formula is C22H26O. The Balaban J connectivity index is 0.00000127. The Kier molecular flexibility index (Phi) is 9.07. The van der Waals surface area contributed by atoms with Gasteiger partial charge in [0.2, 0.25) is 0 Å². The van der Waals surface area contributed by atoms with Crippen molar-refractivity contribution in [1.29, 1.82) is 0 Å². The van der Waals surface area contributed by atoms with E-state index in [-0.39, 0.29) is 0 Å². The van der Waals surface area contributed by atoms with Crippen LogP contribution in [-0.4, -0.2) is 6.79 Å². The van der Waals surface area contributed by atoms with Crippen molar-refractivity contribution < 1.29 is 4.79 Å².